The fourth-order valence-corrected chi connectivity index (χ4v) is 3.92. The van der Waals surface area contributed by atoms with Crippen molar-refractivity contribution >= 4 is 0 Å². The summed E-state index contributed by atoms with van der Waals surface area (Å²) in [6.45, 7) is 20.2. The van der Waals surface area contributed by atoms with Gasteiger partial charge in [0.05, 0.1) is 0 Å². The van der Waals surface area contributed by atoms with Gasteiger partial charge in [0.15, 0.2) is 0 Å². The molecule has 21 heavy (non-hydrogen) atoms. The minimum absolute atomic E-state index is 0.298. The van der Waals surface area contributed by atoms with Gasteiger partial charge in [0, 0.05) is 62.9 Å². The van der Waals surface area contributed by atoms with Gasteiger partial charge in [-0.2, -0.15) is 0 Å². The van der Waals surface area contributed by atoms with Gasteiger partial charge in [0.1, 0.15) is 0 Å². The van der Waals surface area contributed by atoms with Crippen LogP contribution in [0.2, 0.25) is 0 Å². The number of piperazine rings is 2. The first-order chi connectivity index (χ1) is 9.83. The molecule has 2 saturated heterocycles. The monoisotopic (exact) mass is 296 g/mol. The molecule has 1 atom stereocenters. The first-order valence-corrected chi connectivity index (χ1v) is 8.76. The Kier molecular flexibility index (Phi) is 5.69. The van der Waals surface area contributed by atoms with Crippen LogP contribution in [0.15, 0.2) is 0 Å². The van der Waals surface area contributed by atoms with Gasteiger partial charge in [-0.15, -0.1) is 0 Å². The highest BCUT2D eigenvalue weighted by Crippen LogP contribution is 2.30. The summed E-state index contributed by atoms with van der Waals surface area (Å²) < 4.78 is 0. The highest BCUT2D eigenvalue weighted by atomic mass is 15.3. The van der Waals surface area contributed by atoms with Crippen LogP contribution in [0, 0.1) is 0 Å². The molecule has 0 aromatic heterocycles. The molecule has 0 saturated carbocycles. The van der Waals surface area contributed by atoms with E-state index in [0.29, 0.717) is 17.1 Å². The van der Waals surface area contributed by atoms with Crippen LogP contribution in [-0.4, -0.2) is 72.7 Å². The second-order valence-corrected chi connectivity index (χ2v) is 8.11. The molecule has 2 fully saturated rings. The van der Waals surface area contributed by atoms with Crippen LogP contribution in [0.3, 0.4) is 0 Å². The Bertz CT molecular complexity index is 321. The molecular formula is C17H36N4. The van der Waals surface area contributed by atoms with Gasteiger partial charge in [0.2, 0.25) is 0 Å². The summed E-state index contributed by atoms with van der Waals surface area (Å²) in [5.74, 6) is 0. The molecule has 0 amide bonds. The van der Waals surface area contributed by atoms with E-state index in [4.69, 9.17) is 0 Å². The second-order valence-electron chi connectivity index (χ2n) is 8.11. The van der Waals surface area contributed by atoms with Gasteiger partial charge in [-0.3, -0.25) is 9.80 Å². The van der Waals surface area contributed by atoms with E-state index in [1.807, 2.05) is 0 Å². The maximum Gasteiger partial charge on any atom is 0.0198 e. The third-order valence-electron chi connectivity index (χ3n) is 5.60. The number of nitrogens with zero attached hydrogens (tertiary/aromatic N) is 2. The van der Waals surface area contributed by atoms with Crippen LogP contribution in [0.5, 0.6) is 0 Å². The Morgan fingerprint density at radius 2 is 1.43 bits per heavy atom. The minimum atomic E-state index is 0.298. The molecule has 0 spiro atoms. The minimum Gasteiger partial charge on any atom is -0.314 e. The normalized spacial score (nSPS) is 27.0. The fraction of sp³-hybridized carbons (Fsp3) is 1.00. The van der Waals surface area contributed by atoms with Crippen LogP contribution in [-0.2, 0) is 0 Å². The van der Waals surface area contributed by atoms with E-state index in [9.17, 15) is 0 Å². The molecule has 0 bridgehead atoms. The lowest BCUT2D eigenvalue weighted by Gasteiger charge is -2.48. The summed E-state index contributed by atoms with van der Waals surface area (Å²) in [4.78, 5) is 5.37. The second kappa shape index (κ2) is 6.95. The summed E-state index contributed by atoms with van der Waals surface area (Å²) in [5.41, 5.74) is 0.615. The molecule has 2 aliphatic heterocycles. The number of hydrogen-bond donors (Lipinski definition) is 2. The van der Waals surface area contributed by atoms with Gasteiger partial charge in [-0.25, -0.2) is 0 Å². The molecular weight excluding hydrogens is 260 g/mol. The van der Waals surface area contributed by atoms with E-state index in [2.05, 4.69) is 55.1 Å². The lowest BCUT2D eigenvalue weighted by molar-refractivity contribution is 0.0280. The van der Waals surface area contributed by atoms with Crippen molar-refractivity contribution < 1.29 is 0 Å². The zero-order valence-corrected chi connectivity index (χ0v) is 14.8. The zero-order valence-electron chi connectivity index (χ0n) is 14.8. The molecule has 0 aromatic rings. The molecule has 2 heterocycles. The number of nitrogens with one attached hydrogen (secondary N) is 2. The SMILES string of the molecule is C[C@H]1CNCCN1C(C)(C)CCC(C)(C)N1CCNCC1. The van der Waals surface area contributed by atoms with Crippen LogP contribution in [0.4, 0.5) is 0 Å². The molecule has 2 aliphatic rings. The van der Waals surface area contributed by atoms with Crippen LogP contribution < -0.4 is 10.6 Å². The van der Waals surface area contributed by atoms with Gasteiger partial charge in [-0.05, 0) is 47.5 Å². The van der Waals surface area contributed by atoms with Crippen molar-refractivity contribution in [1.29, 1.82) is 0 Å². The van der Waals surface area contributed by atoms with Crippen molar-refractivity contribution in [3.8, 4) is 0 Å². The quantitative estimate of drug-likeness (QED) is 0.805. The van der Waals surface area contributed by atoms with Gasteiger partial charge in [-0.1, -0.05) is 0 Å². The van der Waals surface area contributed by atoms with E-state index in [1.165, 1.54) is 32.5 Å². The molecule has 4 heteroatoms. The highest BCUT2D eigenvalue weighted by Gasteiger charge is 2.35. The van der Waals surface area contributed by atoms with Gasteiger partial charge in [0.25, 0.3) is 0 Å². The molecule has 0 unspecified atom stereocenters. The van der Waals surface area contributed by atoms with Crippen LogP contribution in [0.1, 0.15) is 47.5 Å². The Morgan fingerprint density at radius 3 is 2.05 bits per heavy atom. The highest BCUT2D eigenvalue weighted by molar-refractivity contribution is 4.93. The molecule has 2 N–H and O–H groups in total. The van der Waals surface area contributed by atoms with E-state index in [0.717, 1.165) is 26.2 Å². The van der Waals surface area contributed by atoms with E-state index in [-0.39, 0.29) is 0 Å². The maximum atomic E-state index is 3.50. The first-order valence-electron chi connectivity index (χ1n) is 8.76. The van der Waals surface area contributed by atoms with E-state index < -0.39 is 0 Å². The zero-order chi connectivity index (χ0) is 15.5. The largest absolute Gasteiger partial charge is 0.314 e. The molecule has 0 aliphatic carbocycles. The third-order valence-corrected chi connectivity index (χ3v) is 5.60. The summed E-state index contributed by atoms with van der Waals surface area (Å²) >= 11 is 0. The molecule has 4 nitrogen and oxygen atoms in total. The molecule has 124 valence electrons. The Labute approximate surface area is 131 Å². The van der Waals surface area contributed by atoms with Crippen molar-refractivity contribution in [2.75, 3.05) is 45.8 Å². The van der Waals surface area contributed by atoms with E-state index >= 15 is 0 Å². The molecule has 0 aromatic carbocycles. The smallest absolute Gasteiger partial charge is 0.0198 e. The average Bonchev–Trinajstić information content (AvgIpc) is 2.47. The van der Waals surface area contributed by atoms with Crippen molar-refractivity contribution in [2.24, 2.45) is 0 Å². The van der Waals surface area contributed by atoms with Crippen molar-refractivity contribution in [3.05, 3.63) is 0 Å². The summed E-state index contributed by atoms with van der Waals surface area (Å²) in [7, 11) is 0. The van der Waals surface area contributed by atoms with Gasteiger partial charge >= 0.3 is 0 Å². The fourth-order valence-electron chi connectivity index (χ4n) is 3.92. The lowest BCUT2D eigenvalue weighted by atomic mass is 9.85. The standard InChI is InChI=1S/C17H36N4/c1-15-14-19-10-13-21(15)17(4,5)7-6-16(2,3)20-11-8-18-9-12-20/h15,18-19H,6-14H2,1-5H3/t15-/m0/s1. The van der Waals surface area contributed by atoms with Crippen molar-refractivity contribution in [3.63, 3.8) is 0 Å². The van der Waals surface area contributed by atoms with Crippen molar-refractivity contribution in [1.82, 2.24) is 20.4 Å². The average molecular weight is 297 g/mol. The maximum absolute atomic E-state index is 3.50. The van der Waals surface area contributed by atoms with Gasteiger partial charge < -0.3 is 10.6 Å². The molecule has 2 rings (SSSR count). The topological polar surface area (TPSA) is 30.5 Å². The van der Waals surface area contributed by atoms with E-state index in [1.54, 1.807) is 0 Å². The van der Waals surface area contributed by atoms with Crippen LogP contribution in [0.25, 0.3) is 0 Å². The first kappa shape index (κ1) is 17.2. The number of hydrogen-bond acceptors (Lipinski definition) is 4. The van der Waals surface area contributed by atoms with Crippen molar-refractivity contribution in [2.45, 2.75) is 64.6 Å². The molecule has 0 radical (unpaired) electrons. The predicted octanol–water partition coefficient (Wildman–Crippen LogP) is 1.52. The Hall–Kier alpha value is -0.160. The third kappa shape index (κ3) is 4.41. The predicted molar refractivity (Wildman–Crippen MR) is 90.9 cm³/mol. The number of rotatable bonds is 5. The van der Waals surface area contributed by atoms with Crippen LogP contribution >= 0.6 is 0 Å². The Morgan fingerprint density at radius 1 is 0.857 bits per heavy atom. The summed E-state index contributed by atoms with van der Waals surface area (Å²) in [6.07, 6.45) is 2.55. The lowest BCUT2D eigenvalue weighted by Crippen LogP contribution is -2.59. The summed E-state index contributed by atoms with van der Waals surface area (Å²) in [6, 6.07) is 0.649. The Balaban J connectivity index is 1.90. The summed E-state index contributed by atoms with van der Waals surface area (Å²) in [5, 5.41) is 6.96.